The molecule has 1 saturated carbocycles. The molecule has 0 amide bonds. The van der Waals surface area contributed by atoms with E-state index in [9.17, 15) is 4.39 Å². The molecule has 112 valence electrons. The van der Waals surface area contributed by atoms with Gasteiger partial charge in [0, 0.05) is 11.1 Å². The lowest BCUT2D eigenvalue weighted by Gasteiger charge is -2.33. The molecule has 0 radical (unpaired) electrons. The molecule has 1 aliphatic rings. The normalized spacial score (nSPS) is 24.6. The second kappa shape index (κ2) is 7.42. The standard InChI is InChI=1S/C17H25ClFN/c1-3-12-4-6-13(7-5-12)17(20-2)10-14-8-9-15(19)11-16(14)18/h8-9,11-13,17,20H,3-7,10H2,1-2H3. The van der Waals surface area contributed by atoms with E-state index in [1.807, 2.05) is 13.1 Å². The molecule has 1 aromatic rings. The van der Waals surface area contributed by atoms with Crippen molar-refractivity contribution in [3.05, 3.63) is 34.6 Å². The lowest BCUT2D eigenvalue weighted by molar-refractivity contribution is 0.222. The van der Waals surface area contributed by atoms with Crippen molar-refractivity contribution in [3.63, 3.8) is 0 Å². The number of halogens is 2. The van der Waals surface area contributed by atoms with Gasteiger partial charge < -0.3 is 5.32 Å². The van der Waals surface area contributed by atoms with Gasteiger partial charge in [-0.05, 0) is 55.8 Å². The van der Waals surface area contributed by atoms with Gasteiger partial charge in [-0.1, -0.05) is 43.9 Å². The largest absolute Gasteiger partial charge is 0.316 e. The molecule has 1 aliphatic carbocycles. The number of nitrogens with one attached hydrogen (secondary N) is 1. The first-order chi connectivity index (χ1) is 9.63. The zero-order chi connectivity index (χ0) is 14.5. The summed E-state index contributed by atoms with van der Waals surface area (Å²) in [6.45, 7) is 2.29. The summed E-state index contributed by atoms with van der Waals surface area (Å²) in [6, 6.07) is 5.18. The van der Waals surface area contributed by atoms with E-state index in [0.717, 1.165) is 17.9 Å². The van der Waals surface area contributed by atoms with E-state index in [4.69, 9.17) is 11.6 Å². The van der Waals surface area contributed by atoms with Crippen LogP contribution < -0.4 is 5.32 Å². The summed E-state index contributed by atoms with van der Waals surface area (Å²) in [5.74, 6) is 1.37. The van der Waals surface area contributed by atoms with Crippen LogP contribution in [0.4, 0.5) is 4.39 Å². The van der Waals surface area contributed by atoms with E-state index < -0.39 is 0 Å². The molecule has 0 aromatic heterocycles. The van der Waals surface area contributed by atoms with Crippen LogP contribution in [-0.2, 0) is 6.42 Å². The number of hydrogen-bond donors (Lipinski definition) is 1. The van der Waals surface area contributed by atoms with Gasteiger partial charge in [-0.25, -0.2) is 4.39 Å². The van der Waals surface area contributed by atoms with Gasteiger partial charge in [0.2, 0.25) is 0 Å². The maximum Gasteiger partial charge on any atom is 0.124 e. The maximum absolute atomic E-state index is 13.1. The number of benzene rings is 1. The number of rotatable bonds is 5. The van der Waals surface area contributed by atoms with Crippen LogP contribution in [0.1, 0.15) is 44.6 Å². The van der Waals surface area contributed by atoms with E-state index in [1.165, 1.54) is 44.2 Å². The Morgan fingerprint density at radius 3 is 2.55 bits per heavy atom. The molecule has 2 rings (SSSR count). The molecular formula is C17H25ClFN. The van der Waals surface area contributed by atoms with E-state index >= 15 is 0 Å². The predicted octanol–water partition coefficient (Wildman–Crippen LogP) is 4.83. The third kappa shape index (κ3) is 3.95. The molecule has 3 heteroatoms. The van der Waals surface area contributed by atoms with E-state index in [0.29, 0.717) is 17.0 Å². The average molecular weight is 298 g/mol. The Kier molecular flexibility index (Phi) is 5.86. The summed E-state index contributed by atoms with van der Waals surface area (Å²) in [6.07, 6.45) is 7.47. The van der Waals surface area contributed by atoms with E-state index in [-0.39, 0.29) is 5.82 Å². The molecule has 0 aliphatic heterocycles. The van der Waals surface area contributed by atoms with Gasteiger partial charge in [0.15, 0.2) is 0 Å². The molecule has 0 bridgehead atoms. The van der Waals surface area contributed by atoms with Gasteiger partial charge in [-0.3, -0.25) is 0 Å². The first kappa shape index (κ1) is 15.8. The molecule has 1 aromatic carbocycles. The molecule has 1 nitrogen and oxygen atoms in total. The lowest BCUT2D eigenvalue weighted by Crippen LogP contribution is -2.37. The van der Waals surface area contributed by atoms with E-state index in [1.54, 1.807) is 0 Å². The second-order valence-electron chi connectivity index (χ2n) is 6.02. The highest BCUT2D eigenvalue weighted by Gasteiger charge is 2.26. The van der Waals surface area contributed by atoms with E-state index in [2.05, 4.69) is 12.2 Å². The quantitative estimate of drug-likeness (QED) is 0.821. The Morgan fingerprint density at radius 2 is 2.00 bits per heavy atom. The molecule has 1 unspecified atom stereocenters. The van der Waals surface area contributed by atoms with Crippen molar-refractivity contribution in [3.8, 4) is 0 Å². The first-order valence-electron chi connectivity index (χ1n) is 7.75. The number of hydrogen-bond acceptors (Lipinski definition) is 1. The van der Waals surface area contributed by atoms with Crippen molar-refractivity contribution >= 4 is 11.6 Å². The molecule has 0 spiro atoms. The van der Waals surface area contributed by atoms with Gasteiger partial charge in [0.1, 0.15) is 5.82 Å². The van der Waals surface area contributed by atoms with Crippen molar-refractivity contribution in [1.29, 1.82) is 0 Å². The summed E-state index contributed by atoms with van der Waals surface area (Å²) in [5.41, 5.74) is 1.05. The Hall–Kier alpha value is -0.600. The SMILES string of the molecule is CCC1CCC(C(Cc2ccc(F)cc2Cl)NC)CC1. The van der Waals surface area contributed by atoms with Crippen LogP contribution in [-0.4, -0.2) is 13.1 Å². The van der Waals surface area contributed by atoms with Gasteiger partial charge in [-0.15, -0.1) is 0 Å². The molecule has 1 atom stereocenters. The van der Waals surface area contributed by atoms with Crippen LogP contribution in [0, 0.1) is 17.7 Å². The van der Waals surface area contributed by atoms with Crippen molar-refractivity contribution in [2.24, 2.45) is 11.8 Å². The van der Waals surface area contributed by atoms with Crippen LogP contribution in [0.25, 0.3) is 0 Å². The maximum atomic E-state index is 13.1. The minimum atomic E-state index is -0.261. The second-order valence-corrected chi connectivity index (χ2v) is 6.43. The van der Waals surface area contributed by atoms with Crippen LogP contribution in [0.3, 0.4) is 0 Å². The number of likely N-dealkylation sites (N-methyl/N-ethyl adjacent to an activating group) is 1. The summed E-state index contributed by atoms with van der Waals surface area (Å²) in [5, 5.41) is 3.99. The van der Waals surface area contributed by atoms with Crippen LogP contribution >= 0.6 is 11.6 Å². The monoisotopic (exact) mass is 297 g/mol. The third-order valence-corrected chi connectivity index (χ3v) is 5.22. The summed E-state index contributed by atoms with van der Waals surface area (Å²) >= 11 is 6.15. The summed E-state index contributed by atoms with van der Waals surface area (Å²) < 4.78 is 13.1. The fraction of sp³-hybridized carbons (Fsp3) is 0.647. The topological polar surface area (TPSA) is 12.0 Å². The summed E-state index contributed by atoms with van der Waals surface area (Å²) in [7, 11) is 2.02. The minimum Gasteiger partial charge on any atom is -0.316 e. The lowest BCUT2D eigenvalue weighted by atomic mass is 9.76. The fourth-order valence-electron chi connectivity index (χ4n) is 3.43. The Morgan fingerprint density at radius 1 is 1.30 bits per heavy atom. The third-order valence-electron chi connectivity index (χ3n) is 4.86. The minimum absolute atomic E-state index is 0.261. The zero-order valence-corrected chi connectivity index (χ0v) is 13.2. The van der Waals surface area contributed by atoms with Crippen molar-refractivity contribution in [2.75, 3.05) is 7.05 Å². The van der Waals surface area contributed by atoms with Gasteiger partial charge >= 0.3 is 0 Å². The Balaban J connectivity index is 1.98. The first-order valence-corrected chi connectivity index (χ1v) is 8.13. The van der Waals surface area contributed by atoms with Gasteiger partial charge in [-0.2, -0.15) is 0 Å². The Labute approximate surface area is 126 Å². The molecular weight excluding hydrogens is 273 g/mol. The predicted molar refractivity (Wildman–Crippen MR) is 83.7 cm³/mol. The van der Waals surface area contributed by atoms with Crippen molar-refractivity contribution in [1.82, 2.24) is 5.32 Å². The highest BCUT2D eigenvalue weighted by molar-refractivity contribution is 6.31. The molecule has 20 heavy (non-hydrogen) atoms. The Bertz CT molecular complexity index is 427. The molecule has 1 N–H and O–H groups in total. The van der Waals surface area contributed by atoms with Crippen LogP contribution in [0.5, 0.6) is 0 Å². The van der Waals surface area contributed by atoms with Crippen LogP contribution in [0.2, 0.25) is 5.02 Å². The molecule has 0 saturated heterocycles. The highest BCUT2D eigenvalue weighted by Crippen LogP contribution is 2.34. The molecule has 1 fully saturated rings. The van der Waals surface area contributed by atoms with Gasteiger partial charge in [0.05, 0.1) is 0 Å². The van der Waals surface area contributed by atoms with Crippen LogP contribution in [0.15, 0.2) is 18.2 Å². The highest BCUT2D eigenvalue weighted by atomic mass is 35.5. The smallest absolute Gasteiger partial charge is 0.124 e. The zero-order valence-electron chi connectivity index (χ0n) is 12.5. The van der Waals surface area contributed by atoms with Crippen molar-refractivity contribution in [2.45, 2.75) is 51.5 Å². The van der Waals surface area contributed by atoms with Gasteiger partial charge in [0.25, 0.3) is 0 Å². The molecule has 0 heterocycles. The fourth-order valence-corrected chi connectivity index (χ4v) is 3.67. The van der Waals surface area contributed by atoms with Crippen molar-refractivity contribution < 1.29 is 4.39 Å². The average Bonchev–Trinajstić information content (AvgIpc) is 2.47. The summed E-state index contributed by atoms with van der Waals surface area (Å²) in [4.78, 5) is 0.